The van der Waals surface area contributed by atoms with Gasteiger partial charge in [-0.3, -0.25) is 4.79 Å². The summed E-state index contributed by atoms with van der Waals surface area (Å²) in [5, 5.41) is 20.6. The molecule has 0 aliphatic carbocycles. The van der Waals surface area contributed by atoms with E-state index in [2.05, 4.69) is 5.32 Å². The van der Waals surface area contributed by atoms with Crippen molar-refractivity contribution in [2.75, 3.05) is 11.9 Å². The number of carbonyl (C=O) groups excluding carboxylic acids is 2. The van der Waals surface area contributed by atoms with Crippen molar-refractivity contribution in [2.24, 2.45) is 0 Å². The Morgan fingerprint density at radius 1 is 1.32 bits per heavy atom. The van der Waals surface area contributed by atoms with Gasteiger partial charge in [0, 0.05) is 0 Å². The number of halogens is 1. The maximum Gasteiger partial charge on any atom is 0.348 e. The number of carbonyl (C=O) groups is 2. The van der Waals surface area contributed by atoms with Crippen LogP contribution < -0.4 is 5.32 Å². The lowest BCUT2D eigenvalue weighted by molar-refractivity contribution is 0.0531. The van der Waals surface area contributed by atoms with E-state index in [0.29, 0.717) is 5.56 Å². The third-order valence-electron chi connectivity index (χ3n) is 3.29. The molecule has 1 heterocycles. The van der Waals surface area contributed by atoms with Crippen LogP contribution in [0, 0.1) is 35.4 Å². The molecule has 126 valence electrons. The highest BCUT2D eigenvalue weighted by Gasteiger charge is 2.23. The first kappa shape index (κ1) is 18.1. The van der Waals surface area contributed by atoms with Crippen molar-refractivity contribution in [3.63, 3.8) is 0 Å². The summed E-state index contributed by atoms with van der Waals surface area (Å²) >= 11 is 0.891. The maximum absolute atomic E-state index is 13.9. The van der Waals surface area contributed by atoms with Crippen LogP contribution in [0.2, 0.25) is 0 Å². The molecule has 25 heavy (non-hydrogen) atoms. The minimum absolute atomic E-state index is 0.0864. The van der Waals surface area contributed by atoms with E-state index in [-0.39, 0.29) is 33.2 Å². The molecule has 0 atom stereocenters. The maximum atomic E-state index is 13.9. The fraction of sp³-hybridized carbons (Fsp3) is 0.176. The second kappa shape index (κ2) is 7.56. The molecular formula is C17H12FN3O3S. The third-order valence-corrected chi connectivity index (χ3v) is 4.48. The summed E-state index contributed by atoms with van der Waals surface area (Å²) in [7, 11) is 0. The van der Waals surface area contributed by atoms with Gasteiger partial charge in [-0.2, -0.15) is 10.5 Å². The van der Waals surface area contributed by atoms with Crippen molar-refractivity contribution in [3.8, 4) is 12.1 Å². The standard InChI is InChI=1S/C17H12FN3O3S/c1-3-24-17(23)14-9(2)12(8-20)16(25-14)21-15(22)11-5-4-10(7-19)6-13(11)18/h4-6H,3H2,1-2H3,(H,21,22). The molecule has 0 radical (unpaired) electrons. The van der Waals surface area contributed by atoms with Crippen LogP contribution in [0.4, 0.5) is 9.39 Å². The van der Waals surface area contributed by atoms with Gasteiger partial charge in [0.2, 0.25) is 0 Å². The molecular weight excluding hydrogens is 345 g/mol. The van der Waals surface area contributed by atoms with Crippen molar-refractivity contribution in [1.82, 2.24) is 0 Å². The number of hydrogen-bond acceptors (Lipinski definition) is 6. The fourth-order valence-electron chi connectivity index (χ4n) is 2.07. The number of nitrogens with one attached hydrogen (secondary N) is 1. The first-order valence-electron chi connectivity index (χ1n) is 7.14. The Hall–Kier alpha value is -3.23. The minimum atomic E-state index is -0.853. The van der Waals surface area contributed by atoms with Crippen LogP contribution >= 0.6 is 11.3 Å². The Morgan fingerprint density at radius 2 is 2.04 bits per heavy atom. The molecule has 6 nitrogen and oxygen atoms in total. The number of ether oxygens (including phenoxy) is 1. The highest BCUT2D eigenvalue weighted by molar-refractivity contribution is 7.18. The summed E-state index contributed by atoms with van der Waals surface area (Å²) in [5.41, 5.74) is 0.326. The Morgan fingerprint density at radius 3 is 2.60 bits per heavy atom. The average Bonchev–Trinajstić information content (AvgIpc) is 2.90. The van der Waals surface area contributed by atoms with Gasteiger partial charge in [0.15, 0.2) is 0 Å². The minimum Gasteiger partial charge on any atom is -0.462 e. The molecule has 2 rings (SSSR count). The molecule has 0 unspecified atom stereocenters. The number of rotatable bonds is 4. The van der Waals surface area contributed by atoms with Gasteiger partial charge in [-0.25, -0.2) is 9.18 Å². The second-order valence-corrected chi connectivity index (χ2v) is 5.87. The zero-order valence-corrected chi connectivity index (χ0v) is 14.2. The Balaban J connectivity index is 2.36. The van der Waals surface area contributed by atoms with Gasteiger partial charge in [-0.15, -0.1) is 11.3 Å². The quantitative estimate of drug-likeness (QED) is 0.845. The molecule has 0 saturated carbocycles. The first-order chi connectivity index (χ1) is 11.9. The largest absolute Gasteiger partial charge is 0.462 e. The number of nitrogens with zero attached hydrogens (tertiary/aromatic N) is 2. The molecule has 0 spiro atoms. The summed E-state index contributed by atoms with van der Waals surface area (Å²) in [6.45, 7) is 3.40. The normalized spacial score (nSPS) is 9.80. The number of amides is 1. The number of benzene rings is 1. The molecule has 8 heteroatoms. The van der Waals surface area contributed by atoms with Crippen LogP contribution in [0.3, 0.4) is 0 Å². The molecule has 0 fully saturated rings. The summed E-state index contributed by atoms with van der Waals surface area (Å²) in [6, 6.07) is 7.14. The number of nitriles is 2. The highest BCUT2D eigenvalue weighted by Crippen LogP contribution is 2.33. The van der Waals surface area contributed by atoms with Gasteiger partial charge < -0.3 is 10.1 Å². The smallest absolute Gasteiger partial charge is 0.348 e. The predicted molar refractivity (Wildman–Crippen MR) is 88.8 cm³/mol. The molecule has 1 amide bonds. The first-order valence-corrected chi connectivity index (χ1v) is 7.96. The van der Waals surface area contributed by atoms with Crippen LogP contribution in [0.15, 0.2) is 18.2 Å². The average molecular weight is 357 g/mol. The van der Waals surface area contributed by atoms with Crippen molar-refractivity contribution in [3.05, 3.63) is 51.1 Å². The monoisotopic (exact) mass is 357 g/mol. The van der Waals surface area contributed by atoms with Gasteiger partial charge in [-0.05, 0) is 37.6 Å². The van der Waals surface area contributed by atoms with Crippen LogP contribution in [0.1, 0.15) is 43.6 Å². The third kappa shape index (κ3) is 3.65. The predicted octanol–water partition coefficient (Wildman–Crippen LogP) is 3.37. The van der Waals surface area contributed by atoms with Gasteiger partial charge in [0.25, 0.3) is 5.91 Å². The number of thiophene rings is 1. The van der Waals surface area contributed by atoms with Gasteiger partial charge in [0.1, 0.15) is 21.8 Å². The van der Waals surface area contributed by atoms with E-state index in [1.54, 1.807) is 19.9 Å². The summed E-state index contributed by atoms with van der Waals surface area (Å²) < 4.78 is 18.9. The van der Waals surface area contributed by atoms with E-state index in [4.69, 9.17) is 10.00 Å². The van der Waals surface area contributed by atoms with Crippen LogP contribution in [-0.2, 0) is 4.74 Å². The van der Waals surface area contributed by atoms with Crippen molar-refractivity contribution < 1.29 is 18.7 Å². The molecule has 0 saturated heterocycles. The van der Waals surface area contributed by atoms with E-state index in [1.807, 2.05) is 6.07 Å². The molecule has 0 bridgehead atoms. The molecule has 0 aliphatic heterocycles. The fourth-order valence-corrected chi connectivity index (χ4v) is 3.11. The summed E-state index contributed by atoms with van der Waals surface area (Å²) in [5.74, 6) is -2.23. The van der Waals surface area contributed by atoms with Gasteiger partial charge in [0.05, 0.1) is 29.4 Å². The number of anilines is 1. The van der Waals surface area contributed by atoms with E-state index in [0.717, 1.165) is 17.4 Å². The lowest BCUT2D eigenvalue weighted by atomic mass is 10.1. The molecule has 2 aromatic rings. The van der Waals surface area contributed by atoms with Gasteiger partial charge in [-0.1, -0.05) is 0 Å². The topological polar surface area (TPSA) is 103 Å². The Labute approximate surface area is 147 Å². The lowest BCUT2D eigenvalue weighted by Crippen LogP contribution is -2.13. The summed E-state index contributed by atoms with van der Waals surface area (Å²) in [4.78, 5) is 24.4. The van der Waals surface area contributed by atoms with Crippen molar-refractivity contribution in [1.29, 1.82) is 10.5 Å². The second-order valence-electron chi connectivity index (χ2n) is 4.85. The van der Waals surface area contributed by atoms with Crippen molar-refractivity contribution >= 4 is 28.2 Å². The van der Waals surface area contributed by atoms with E-state index < -0.39 is 17.7 Å². The lowest BCUT2D eigenvalue weighted by Gasteiger charge is -2.05. The van der Waals surface area contributed by atoms with E-state index in [1.165, 1.54) is 12.1 Å². The molecule has 0 aliphatic rings. The Kier molecular flexibility index (Phi) is 5.48. The van der Waals surface area contributed by atoms with Gasteiger partial charge >= 0.3 is 5.97 Å². The number of esters is 1. The van der Waals surface area contributed by atoms with Crippen molar-refractivity contribution in [2.45, 2.75) is 13.8 Å². The van der Waals surface area contributed by atoms with E-state index in [9.17, 15) is 19.2 Å². The van der Waals surface area contributed by atoms with Crippen LogP contribution in [-0.4, -0.2) is 18.5 Å². The van der Waals surface area contributed by atoms with Crippen LogP contribution in [0.5, 0.6) is 0 Å². The molecule has 1 N–H and O–H groups in total. The van der Waals surface area contributed by atoms with E-state index >= 15 is 0 Å². The number of hydrogen-bond donors (Lipinski definition) is 1. The SMILES string of the molecule is CCOC(=O)c1sc(NC(=O)c2ccc(C#N)cc2F)c(C#N)c1C. The summed E-state index contributed by atoms with van der Waals surface area (Å²) in [6.07, 6.45) is 0. The molecule has 1 aromatic heterocycles. The zero-order valence-electron chi connectivity index (χ0n) is 13.3. The zero-order chi connectivity index (χ0) is 18.6. The molecule has 1 aromatic carbocycles. The Bertz CT molecular complexity index is 938. The van der Waals surface area contributed by atoms with Crippen LogP contribution in [0.25, 0.3) is 0 Å². The highest BCUT2D eigenvalue weighted by atomic mass is 32.1.